The fourth-order valence-corrected chi connectivity index (χ4v) is 3.92. The third kappa shape index (κ3) is 4.88. The summed E-state index contributed by atoms with van der Waals surface area (Å²) in [6, 6.07) is -2.32. The fraction of sp³-hybridized carbons (Fsp3) is 0.786. The highest BCUT2D eigenvalue weighted by atomic mass is 32.3. The number of amides is 4. The summed E-state index contributed by atoms with van der Waals surface area (Å²) in [5, 5.41) is 3.73. The molecule has 0 spiro atoms. The summed E-state index contributed by atoms with van der Waals surface area (Å²) in [6.07, 6.45) is 1.39. The van der Waals surface area contributed by atoms with Gasteiger partial charge in [-0.05, 0) is 25.8 Å². The molecule has 14 heteroatoms. The van der Waals surface area contributed by atoms with Gasteiger partial charge in [0, 0.05) is 26.2 Å². The maximum Gasteiger partial charge on any atom is 0.418 e. The molecule has 3 fully saturated rings. The molecule has 3 N–H and O–H groups in total. The van der Waals surface area contributed by atoms with Crippen LogP contribution in [0.25, 0.3) is 0 Å². The molecular formula is C14H23N5O8S. The number of nitrogens with zero attached hydrogens (tertiary/aromatic N) is 3. The number of hydrogen-bond acceptors (Lipinski definition) is 8. The van der Waals surface area contributed by atoms with E-state index in [2.05, 4.69) is 15.1 Å². The molecule has 158 valence electrons. The van der Waals surface area contributed by atoms with E-state index in [0.717, 1.165) is 17.9 Å². The van der Waals surface area contributed by atoms with Crippen LogP contribution in [0.4, 0.5) is 4.79 Å². The Morgan fingerprint density at radius 3 is 2.79 bits per heavy atom. The minimum atomic E-state index is -4.85. The van der Waals surface area contributed by atoms with E-state index >= 15 is 0 Å². The number of carbonyl (C=O) groups is 3. The van der Waals surface area contributed by atoms with Gasteiger partial charge in [-0.25, -0.2) is 10.3 Å². The average Bonchev–Trinajstić information content (AvgIpc) is 2.85. The van der Waals surface area contributed by atoms with Crippen LogP contribution in [0.5, 0.6) is 0 Å². The zero-order valence-corrected chi connectivity index (χ0v) is 15.9. The number of nitrogens with one attached hydrogen (secondary N) is 2. The van der Waals surface area contributed by atoms with Crippen molar-refractivity contribution in [3.63, 3.8) is 0 Å². The lowest BCUT2D eigenvalue weighted by atomic mass is 10.0. The first-order valence-electron chi connectivity index (χ1n) is 8.93. The quantitative estimate of drug-likeness (QED) is 0.321. The molecule has 2 atom stereocenters. The summed E-state index contributed by atoms with van der Waals surface area (Å²) >= 11 is 0. The van der Waals surface area contributed by atoms with E-state index in [9.17, 15) is 22.8 Å². The predicted molar refractivity (Wildman–Crippen MR) is 91.5 cm³/mol. The van der Waals surface area contributed by atoms with Gasteiger partial charge >= 0.3 is 16.4 Å². The lowest BCUT2D eigenvalue weighted by molar-refractivity contribution is -0.147. The normalized spacial score (nSPS) is 25.6. The van der Waals surface area contributed by atoms with Gasteiger partial charge in [0.25, 0.3) is 11.8 Å². The van der Waals surface area contributed by atoms with Gasteiger partial charge in [0.1, 0.15) is 6.04 Å². The molecule has 0 aromatic rings. The van der Waals surface area contributed by atoms with Gasteiger partial charge in [-0.15, -0.1) is 4.28 Å². The van der Waals surface area contributed by atoms with Crippen molar-refractivity contribution >= 4 is 28.2 Å². The highest BCUT2D eigenvalue weighted by molar-refractivity contribution is 7.80. The standard InChI is InChI=1S/C14H23N5O8S/c20-12(17-6-1-4-15-5-7-17)9-26-16-13(21)11-3-2-10-8-18(11)14(22)19(10)27-28(23,24)25/h10-11,15H,1-9H2,(H,16,21)(H,23,24,25)/t10-,11+/m1/s1. The number of hydrogen-bond donors (Lipinski definition) is 3. The fourth-order valence-electron chi connectivity index (χ4n) is 3.53. The molecule has 0 aromatic heterocycles. The first kappa shape index (κ1) is 20.7. The number of rotatable bonds is 6. The minimum Gasteiger partial charge on any atom is -0.339 e. The molecule has 3 aliphatic rings. The Morgan fingerprint density at radius 2 is 2.04 bits per heavy atom. The van der Waals surface area contributed by atoms with Crippen molar-refractivity contribution in [3.8, 4) is 0 Å². The van der Waals surface area contributed by atoms with E-state index < -0.39 is 34.4 Å². The highest BCUT2D eigenvalue weighted by Crippen LogP contribution is 2.30. The summed E-state index contributed by atoms with van der Waals surface area (Å²) < 4.78 is 34.8. The zero-order chi connectivity index (χ0) is 20.3. The SMILES string of the molecule is O=C(NOCC(=O)N1CCCNCC1)[C@@H]1CC[C@@H]2CN1C(=O)N2OS(=O)(=O)O. The first-order chi connectivity index (χ1) is 13.3. The summed E-state index contributed by atoms with van der Waals surface area (Å²) in [5.74, 6) is -0.872. The third-order valence-electron chi connectivity index (χ3n) is 4.86. The average molecular weight is 421 g/mol. The molecule has 3 saturated heterocycles. The number of urea groups is 1. The largest absolute Gasteiger partial charge is 0.418 e. The number of hydroxylamine groups is 3. The van der Waals surface area contributed by atoms with Gasteiger partial charge in [0.05, 0.1) is 6.04 Å². The van der Waals surface area contributed by atoms with E-state index in [4.69, 9.17) is 9.39 Å². The van der Waals surface area contributed by atoms with E-state index in [1.54, 1.807) is 4.90 Å². The number of carbonyl (C=O) groups excluding carboxylic acids is 3. The van der Waals surface area contributed by atoms with E-state index in [1.807, 2.05) is 0 Å². The Hall–Kier alpha value is -2.00. The predicted octanol–water partition coefficient (Wildman–Crippen LogP) is -2.14. The van der Waals surface area contributed by atoms with E-state index in [0.29, 0.717) is 31.1 Å². The molecule has 4 amide bonds. The van der Waals surface area contributed by atoms with Crippen molar-refractivity contribution in [2.24, 2.45) is 0 Å². The Balaban J connectivity index is 1.49. The van der Waals surface area contributed by atoms with Crippen LogP contribution in [0.3, 0.4) is 0 Å². The topological polar surface area (TPSA) is 158 Å². The molecular weight excluding hydrogens is 398 g/mol. The molecule has 3 heterocycles. The molecule has 3 rings (SSSR count). The Morgan fingerprint density at radius 1 is 1.25 bits per heavy atom. The molecule has 28 heavy (non-hydrogen) atoms. The summed E-state index contributed by atoms with van der Waals surface area (Å²) in [7, 11) is -4.85. The van der Waals surface area contributed by atoms with Gasteiger partial charge in [-0.2, -0.15) is 13.5 Å². The second-order valence-electron chi connectivity index (χ2n) is 6.75. The van der Waals surface area contributed by atoms with Gasteiger partial charge < -0.3 is 15.1 Å². The van der Waals surface area contributed by atoms with Gasteiger partial charge in [-0.1, -0.05) is 0 Å². The van der Waals surface area contributed by atoms with Crippen LogP contribution in [-0.2, 0) is 29.1 Å². The van der Waals surface area contributed by atoms with Crippen molar-refractivity contribution in [1.29, 1.82) is 0 Å². The molecule has 2 bridgehead atoms. The number of piperidine rings is 1. The molecule has 0 aromatic carbocycles. The van der Waals surface area contributed by atoms with Crippen LogP contribution in [0.1, 0.15) is 19.3 Å². The highest BCUT2D eigenvalue weighted by Gasteiger charge is 2.49. The van der Waals surface area contributed by atoms with Crippen LogP contribution in [0.15, 0.2) is 0 Å². The Bertz CT molecular complexity index is 723. The molecule has 13 nitrogen and oxygen atoms in total. The molecule has 0 unspecified atom stereocenters. The minimum absolute atomic E-state index is 0.0755. The molecule has 0 aliphatic carbocycles. The summed E-state index contributed by atoms with van der Waals surface area (Å²) in [4.78, 5) is 44.5. The van der Waals surface area contributed by atoms with E-state index in [1.165, 1.54) is 0 Å². The van der Waals surface area contributed by atoms with Crippen molar-refractivity contribution in [3.05, 3.63) is 0 Å². The molecule has 3 aliphatic heterocycles. The zero-order valence-electron chi connectivity index (χ0n) is 15.1. The smallest absolute Gasteiger partial charge is 0.339 e. The lowest BCUT2D eigenvalue weighted by Gasteiger charge is -2.29. The first-order valence-corrected chi connectivity index (χ1v) is 10.3. The van der Waals surface area contributed by atoms with Crippen LogP contribution in [0, 0.1) is 0 Å². The van der Waals surface area contributed by atoms with Crippen LogP contribution in [0.2, 0.25) is 0 Å². The second-order valence-corrected chi connectivity index (χ2v) is 7.75. The van der Waals surface area contributed by atoms with Crippen molar-refractivity contribution in [2.45, 2.75) is 31.3 Å². The summed E-state index contributed by atoms with van der Waals surface area (Å²) in [5.41, 5.74) is 2.18. The van der Waals surface area contributed by atoms with E-state index in [-0.39, 0.29) is 25.5 Å². The molecule has 0 saturated carbocycles. The maximum absolute atomic E-state index is 12.3. The molecule has 0 radical (unpaired) electrons. The van der Waals surface area contributed by atoms with Crippen molar-refractivity contribution in [2.75, 3.05) is 39.3 Å². The van der Waals surface area contributed by atoms with Crippen molar-refractivity contribution < 1.29 is 36.5 Å². The third-order valence-corrected chi connectivity index (χ3v) is 5.21. The Kier molecular flexibility index (Phi) is 6.34. The van der Waals surface area contributed by atoms with Gasteiger partial charge in [0.2, 0.25) is 0 Å². The van der Waals surface area contributed by atoms with Gasteiger partial charge in [0.15, 0.2) is 6.61 Å². The van der Waals surface area contributed by atoms with Gasteiger partial charge in [-0.3, -0.25) is 19.0 Å². The lowest BCUT2D eigenvalue weighted by Crippen LogP contribution is -2.50. The number of fused-ring (bicyclic) bond motifs is 2. The Labute approximate surface area is 161 Å². The van der Waals surface area contributed by atoms with Crippen molar-refractivity contribution in [1.82, 2.24) is 25.7 Å². The monoisotopic (exact) mass is 421 g/mol. The van der Waals surface area contributed by atoms with Crippen LogP contribution < -0.4 is 10.8 Å². The summed E-state index contributed by atoms with van der Waals surface area (Å²) in [6.45, 7) is 2.46. The second kappa shape index (κ2) is 8.57. The van der Waals surface area contributed by atoms with Crippen LogP contribution >= 0.6 is 0 Å². The van der Waals surface area contributed by atoms with Crippen LogP contribution in [-0.4, -0.2) is 97.1 Å². The maximum atomic E-state index is 12.3.